The summed E-state index contributed by atoms with van der Waals surface area (Å²) in [5.41, 5.74) is 0. The van der Waals surface area contributed by atoms with Crippen molar-refractivity contribution in [3.8, 4) is 0 Å². The summed E-state index contributed by atoms with van der Waals surface area (Å²) in [5, 5.41) is 18.6. The van der Waals surface area contributed by atoms with Gasteiger partial charge in [0.05, 0.1) is 12.8 Å². The Morgan fingerprint density at radius 1 is 0.568 bits per heavy atom. The molecule has 2 N–H and O–H groups in total. The lowest BCUT2D eigenvalue weighted by Crippen LogP contribution is -2.38. The second-order valence-electron chi connectivity index (χ2n) is 10.8. The Labute approximate surface area is 264 Å². The molecule has 8 heteroatoms. The topological polar surface area (TPSA) is 115 Å². The molecule has 0 saturated carbocycles. The van der Waals surface area contributed by atoms with Gasteiger partial charge in [-0.3, -0.25) is 19.2 Å². The van der Waals surface area contributed by atoms with Crippen LogP contribution < -0.4 is 0 Å². The van der Waals surface area contributed by atoms with E-state index < -0.39 is 23.8 Å². The van der Waals surface area contributed by atoms with Gasteiger partial charge >= 0.3 is 11.9 Å². The highest BCUT2D eigenvalue weighted by molar-refractivity contribution is 5.84. The van der Waals surface area contributed by atoms with Crippen LogP contribution in [-0.4, -0.2) is 69.9 Å². The van der Waals surface area contributed by atoms with E-state index in [-0.39, 0.29) is 30.6 Å². The summed E-state index contributed by atoms with van der Waals surface area (Å²) < 4.78 is 0. The first-order valence-electron chi connectivity index (χ1n) is 15.5. The predicted octanol–water partition coefficient (Wildman–Crippen LogP) is 6.99. The molecular weight excluding hydrogens is 556 g/mol. The Morgan fingerprint density at radius 2 is 0.977 bits per heavy atom. The van der Waals surface area contributed by atoms with Crippen molar-refractivity contribution in [1.29, 1.82) is 0 Å². The minimum absolute atomic E-state index is 0.0496. The highest BCUT2D eigenvalue weighted by Gasteiger charge is 2.28. The van der Waals surface area contributed by atoms with Crippen molar-refractivity contribution in [3.63, 3.8) is 0 Å². The van der Waals surface area contributed by atoms with E-state index in [9.17, 15) is 29.4 Å². The van der Waals surface area contributed by atoms with Crippen molar-refractivity contribution in [3.05, 3.63) is 87.6 Å². The van der Waals surface area contributed by atoms with Crippen LogP contribution in [0.5, 0.6) is 0 Å². The number of nitrogens with zero attached hydrogens (tertiary/aromatic N) is 2. The smallest absolute Gasteiger partial charge is 0.304 e. The molecule has 2 amide bonds. The monoisotopic (exact) mass is 610 g/mol. The second kappa shape index (κ2) is 25.5. The number of amides is 2. The molecule has 244 valence electrons. The maximum Gasteiger partial charge on any atom is 0.304 e. The van der Waals surface area contributed by atoms with Crippen LogP contribution in [0.4, 0.5) is 0 Å². The Balaban J connectivity index is 4.57. The summed E-state index contributed by atoms with van der Waals surface area (Å²) in [6.45, 7) is 20.0. The molecule has 0 aliphatic heterocycles. The average molecular weight is 611 g/mol. The largest absolute Gasteiger partial charge is 0.481 e. The summed E-state index contributed by atoms with van der Waals surface area (Å²) in [7, 11) is 0. The first-order valence-corrected chi connectivity index (χ1v) is 15.5. The van der Waals surface area contributed by atoms with Gasteiger partial charge in [0, 0.05) is 38.0 Å². The highest BCUT2D eigenvalue weighted by atomic mass is 16.4. The van der Waals surface area contributed by atoms with Crippen LogP contribution in [-0.2, 0) is 19.2 Å². The maximum absolute atomic E-state index is 13.0. The number of allylic oxidation sites excluding steroid dienone is 5. The molecular formula is C36H54N2O6. The van der Waals surface area contributed by atoms with Crippen LogP contribution in [0.15, 0.2) is 87.6 Å². The number of carboxylic acid groups (broad SMARTS) is 2. The Bertz CT molecular complexity index is 979. The quantitative estimate of drug-likeness (QED) is 0.0729. The molecule has 0 aromatic rings. The normalized spacial score (nSPS) is 13.1. The lowest BCUT2D eigenvalue weighted by Gasteiger charge is -2.26. The van der Waals surface area contributed by atoms with Gasteiger partial charge in [-0.05, 0) is 63.7 Å². The number of carbonyl (C=O) groups is 4. The second-order valence-corrected chi connectivity index (χ2v) is 10.8. The maximum atomic E-state index is 13.0. The summed E-state index contributed by atoms with van der Waals surface area (Å²) in [6, 6.07) is 0. The van der Waals surface area contributed by atoms with Crippen LogP contribution in [0, 0.1) is 17.8 Å². The fourth-order valence-corrected chi connectivity index (χ4v) is 4.97. The number of carbonyl (C=O) groups excluding carboxylic acids is 2. The number of carboxylic acids is 2. The molecule has 0 heterocycles. The molecule has 8 nitrogen and oxygen atoms in total. The molecule has 0 aliphatic rings. The third-order valence-corrected chi connectivity index (χ3v) is 7.18. The van der Waals surface area contributed by atoms with Gasteiger partial charge < -0.3 is 20.0 Å². The Kier molecular flexibility index (Phi) is 23.3. The van der Waals surface area contributed by atoms with Gasteiger partial charge in [-0.1, -0.05) is 54.7 Å². The molecule has 0 aliphatic carbocycles. The van der Waals surface area contributed by atoms with Crippen molar-refractivity contribution >= 4 is 23.8 Å². The molecule has 0 aromatic carbocycles. The molecule has 0 aromatic heterocycles. The molecule has 0 rings (SSSR count). The highest BCUT2D eigenvalue weighted by Crippen LogP contribution is 2.24. The SMILES string of the molecule is C=CCN(CC=C)C(=O)C(CCC=CCCCC=CCCCC(C=C)CC(CC(=O)O)C(=O)N(CC=C)CC=C)CC(=O)O. The summed E-state index contributed by atoms with van der Waals surface area (Å²) in [5.74, 6) is -3.50. The van der Waals surface area contributed by atoms with Crippen LogP contribution in [0.25, 0.3) is 0 Å². The van der Waals surface area contributed by atoms with Crippen molar-refractivity contribution in [2.24, 2.45) is 17.8 Å². The molecule has 0 fully saturated rings. The fraction of sp³-hybridized carbons (Fsp3) is 0.500. The number of unbranched alkanes of at least 4 members (excludes halogenated alkanes) is 3. The van der Waals surface area contributed by atoms with Gasteiger partial charge in [-0.25, -0.2) is 0 Å². The Hall–Kier alpha value is -3.94. The first kappa shape index (κ1) is 40.1. The zero-order valence-electron chi connectivity index (χ0n) is 26.5. The zero-order valence-corrected chi connectivity index (χ0v) is 26.5. The fourth-order valence-electron chi connectivity index (χ4n) is 4.97. The third kappa shape index (κ3) is 18.6. The van der Waals surface area contributed by atoms with Gasteiger partial charge in [0.2, 0.25) is 11.8 Å². The van der Waals surface area contributed by atoms with Crippen LogP contribution in [0.2, 0.25) is 0 Å². The van der Waals surface area contributed by atoms with Gasteiger partial charge in [0.15, 0.2) is 0 Å². The van der Waals surface area contributed by atoms with Crippen molar-refractivity contribution in [1.82, 2.24) is 9.80 Å². The van der Waals surface area contributed by atoms with Crippen LogP contribution in [0.3, 0.4) is 0 Å². The summed E-state index contributed by atoms with van der Waals surface area (Å²) in [4.78, 5) is 51.7. The van der Waals surface area contributed by atoms with E-state index in [1.807, 2.05) is 12.2 Å². The minimum atomic E-state index is -0.992. The molecule has 44 heavy (non-hydrogen) atoms. The van der Waals surface area contributed by atoms with Crippen molar-refractivity contribution in [2.45, 2.75) is 70.6 Å². The summed E-state index contributed by atoms with van der Waals surface area (Å²) in [6.07, 6.45) is 23.3. The molecule has 0 saturated heterocycles. The number of hydrogen-bond acceptors (Lipinski definition) is 4. The van der Waals surface area contributed by atoms with Gasteiger partial charge in [0.25, 0.3) is 0 Å². The van der Waals surface area contributed by atoms with Crippen LogP contribution in [0.1, 0.15) is 70.6 Å². The van der Waals surface area contributed by atoms with Crippen molar-refractivity contribution < 1.29 is 29.4 Å². The molecule has 0 bridgehead atoms. The number of aliphatic carboxylic acids is 2. The molecule has 3 unspecified atom stereocenters. The van der Waals surface area contributed by atoms with Crippen molar-refractivity contribution in [2.75, 3.05) is 26.2 Å². The van der Waals surface area contributed by atoms with Gasteiger partial charge in [-0.2, -0.15) is 0 Å². The number of hydrogen-bond donors (Lipinski definition) is 2. The first-order chi connectivity index (χ1) is 21.1. The van der Waals surface area contributed by atoms with E-state index in [0.717, 1.165) is 38.5 Å². The van der Waals surface area contributed by atoms with E-state index in [0.29, 0.717) is 45.4 Å². The minimum Gasteiger partial charge on any atom is -0.481 e. The predicted molar refractivity (Wildman–Crippen MR) is 179 cm³/mol. The van der Waals surface area contributed by atoms with E-state index in [1.54, 1.807) is 34.1 Å². The Morgan fingerprint density at radius 3 is 1.41 bits per heavy atom. The van der Waals surface area contributed by atoms with E-state index in [1.165, 1.54) is 0 Å². The lowest BCUT2D eigenvalue weighted by molar-refractivity contribution is -0.144. The molecule has 0 spiro atoms. The summed E-state index contributed by atoms with van der Waals surface area (Å²) >= 11 is 0. The van der Waals surface area contributed by atoms with E-state index in [2.05, 4.69) is 51.1 Å². The standard InChI is InChI=1S/C36H54N2O6/c1-6-23-37(24-7-2)35(43)31(28-33(39)40)22-20-18-16-14-12-11-13-15-17-19-21-30(10-5)27-32(29-34(41)42)36(44)38(25-8-3)26-9-4/h6-10,13,15-16,18,30-32H,1-5,11-12,14,17,19-29H2,(H,39,40)(H,41,42). The number of rotatable bonds is 28. The van der Waals surface area contributed by atoms with Crippen LogP contribution >= 0.6 is 0 Å². The third-order valence-electron chi connectivity index (χ3n) is 7.18. The van der Waals surface area contributed by atoms with Gasteiger partial charge in [0.1, 0.15) is 0 Å². The molecule has 3 atom stereocenters. The van der Waals surface area contributed by atoms with Gasteiger partial charge in [-0.15, -0.1) is 32.9 Å². The molecule has 0 radical (unpaired) electrons. The van der Waals surface area contributed by atoms with E-state index in [4.69, 9.17) is 0 Å². The average Bonchev–Trinajstić information content (AvgIpc) is 2.98. The zero-order chi connectivity index (χ0) is 33.2. The van der Waals surface area contributed by atoms with E-state index >= 15 is 0 Å². The lowest BCUT2D eigenvalue weighted by atomic mass is 9.87.